The molecule has 1 aliphatic rings. The van der Waals surface area contributed by atoms with Crippen LogP contribution >= 0.6 is 0 Å². The third-order valence-electron chi connectivity index (χ3n) is 3.22. The summed E-state index contributed by atoms with van der Waals surface area (Å²) in [6.07, 6.45) is 11.1. The predicted octanol–water partition coefficient (Wildman–Crippen LogP) is 2.29. The van der Waals surface area contributed by atoms with Gasteiger partial charge in [-0.25, -0.2) is 0 Å². The highest BCUT2D eigenvalue weighted by atomic mass is 14.9. The second-order valence-corrected chi connectivity index (χ2v) is 4.56. The molecule has 0 aromatic carbocycles. The van der Waals surface area contributed by atoms with E-state index in [2.05, 4.69) is 5.32 Å². The molecule has 1 saturated carbocycles. The molecule has 84 valence electrons. The van der Waals surface area contributed by atoms with Crippen LogP contribution in [0.5, 0.6) is 0 Å². The van der Waals surface area contributed by atoms with E-state index in [9.17, 15) is 0 Å². The summed E-state index contributed by atoms with van der Waals surface area (Å²) in [7, 11) is 0. The van der Waals surface area contributed by atoms with Crippen molar-refractivity contribution in [3.63, 3.8) is 0 Å². The Kier molecular flexibility index (Phi) is 7.06. The van der Waals surface area contributed by atoms with Crippen molar-refractivity contribution in [1.29, 1.82) is 0 Å². The molecule has 0 heterocycles. The maximum Gasteiger partial charge on any atom is -0.00205 e. The second kappa shape index (κ2) is 8.25. The van der Waals surface area contributed by atoms with E-state index < -0.39 is 0 Å². The number of nitrogens with one attached hydrogen (secondary N) is 1. The summed E-state index contributed by atoms with van der Waals surface area (Å²) in [5, 5.41) is 3.57. The molecule has 14 heavy (non-hydrogen) atoms. The molecular weight excluding hydrogens is 172 g/mol. The Hall–Kier alpha value is -0.0800. The van der Waals surface area contributed by atoms with E-state index in [1.54, 1.807) is 0 Å². The molecule has 0 amide bonds. The smallest absolute Gasteiger partial charge is 0.00205 e. The molecule has 0 saturated heterocycles. The van der Waals surface area contributed by atoms with Crippen LogP contribution in [0.1, 0.15) is 51.4 Å². The van der Waals surface area contributed by atoms with Crippen molar-refractivity contribution in [2.24, 2.45) is 11.7 Å². The van der Waals surface area contributed by atoms with Crippen molar-refractivity contribution in [3.05, 3.63) is 0 Å². The van der Waals surface area contributed by atoms with Crippen LogP contribution in [-0.4, -0.2) is 19.6 Å². The van der Waals surface area contributed by atoms with E-state index >= 15 is 0 Å². The SMILES string of the molecule is NCCCCCNCC1CCCCC1. The van der Waals surface area contributed by atoms with Gasteiger partial charge in [-0.3, -0.25) is 0 Å². The van der Waals surface area contributed by atoms with E-state index in [0.717, 1.165) is 12.5 Å². The van der Waals surface area contributed by atoms with Crippen LogP contribution in [0.15, 0.2) is 0 Å². The normalized spacial score (nSPS) is 18.6. The Balaban J connectivity index is 1.82. The average Bonchev–Trinajstić information content (AvgIpc) is 2.25. The summed E-state index contributed by atoms with van der Waals surface area (Å²) >= 11 is 0. The van der Waals surface area contributed by atoms with Gasteiger partial charge in [0, 0.05) is 0 Å². The van der Waals surface area contributed by atoms with Gasteiger partial charge in [-0.1, -0.05) is 25.7 Å². The van der Waals surface area contributed by atoms with Gasteiger partial charge < -0.3 is 11.1 Å². The highest BCUT2D eigenvalue weighted by Crippen LogP contribution is 2.22. The van der Waals surface area contributed by atoms with E-state index in [0.29, 0.717) is 0 Å². The van der Waals surface area contributed by atoms with Gasteiger partial charge in [0.05, 0.1) is 0 Å². The first-order valence-corrected chi connectivity index (χ1v) is 6.34. The van der Waals surface area contributed by atoms with Gasteiger partial charge in [-0.2, -0.15) is 0 Å². The number of unbranched alkanes of at least 4 members (excludes halogenated alkanes) is 2. The van der Waals surface area contributed by atoms with Crippen LogP contribution in [0, 0.1) is 5.92 Å². The summed E-state index contributed by atoms with van der Waals surface area (Å²) in [6.45, 7) is 3.29. The molecule has 3 N–H and O–H groups in total. The Morgan fingerprint density at radius 2 is 1.79 bits per heavy atom. The number of rotatable bonds is 7. The van der Waals surface area contributed by atoms with Gasteiger partial charge in [0.15, 0.2) is 0 Å². The molecule has 0 aliphatic heterocycles. The molecule has 2 nitrogen and oxygen atoms in total. The molecule has 1 rings (SSSR count). The van der Waals surface area contributed by atoms with Crippen LogP contribution < -0.4 is 11.1 Å². The minimum Gasteiger partial charge on any atom is -0.330 e. The second-order valence-electron chi connectivity index (χ2n) is 4.56. The van der Waals surface area contributed by atoms with Crippen molar-refractivity contribution < 1.29 is 0 Å². The Bertz CT molecular complexity index is 119. The monoisotopic (exact) mass is 198 g/mol. The lowest BCUT2D eigenvalue weighted by molar-refractivity contribution is 0.341. The molecule has 0 aromatic heterocycles. The topological polar surface area (TPSA) is 38.0 Å². The number of hydrogen-bond donors (Lipinski definition) is 2. The van der Waals surface area contributed by atoms with Crippen molar-refractivity contribution in [2.75, 3.05) is 19.6 Å². The molecule has 0 radical (unpaired) electrons. The first-order chi connectivity index (χ1) is 6.93. The van der Waals surface area contributed by atoms with Crippen LogP contribution in [0.4, 0.5) is 0 Å². The van der Waals surface area contributed by atoms with E-state index in [-0.39, 0.29) is 0 Å². The first-order valence-electron chi connectivity index (χ1n) is 6.34. The third-order valence-corrected chi connectivity index (χ3v) is 3.22. The minimum absolute atomic E-state index is 0.850. The summed E-state index contributed by atoms with van der Waals surface area (Å²) in [5.74, 6) is 0.971. The van der Waals surface area contributed by atoms with Crippen LogP contribution in [-0.2, 0) is 0 Å². The van der Waals surface area contributed by atoms with Crippen LogP contribution in [0.3, 0.4) is 0 Å². The molecular formula is C12H26N2. The lowest BCUT2D eigenvalue weighted by atomic mass is 9.89. The third kappa shape index (κ3) is 5.61. The average molecular weight is 198 g/mol. The predicted molar refractivity (Wildman–Crippen MR) is 62.4 cm³/mol. The zero-order chi connectivity index (χ0) is 10.1. The molecule has 1 fully saturated rings. The van der Waals surface area contributed by atoms with Gasteiger partial charge in [-0.05, 0) is 51.2 Å². The first kappa shape index (κ1) is 12.0. The van der Waals surface area contributed by atoms with Crippen molar-refractivity contribution in [2.45, 2.75) is 51.4 Å². The molecule has 0 unspecified atom stereocenters. The Morgan fingerprint density at radius 1 is 1.00 bits per heavy atom. The number of hydrogen-bond acceptors (Lipinski definition) is 2. The highest BCUT2D eigenvalue weighted by molar-refractivity contribution is 4.67. The van der Waals surface area contributed by atoms with Gasteiger partial charge in [-0.15, -0.1) is 0 Å². The van der Waals surface area contributed by atoms with Crippen molar-refractivity contribution in [1.82, 2.24) is 5.32 Å². The fourth-order valence-corrected chi connectivity index (χ4v) is 2.27. The summed E-state index contributed by atoms with van der Waals surface area (Å²) in [6, 6.07) is 0. The zero-order valence-electron chi connectivity index (χ0n) is 9.43. The molecule has 0 atom stereocenters. The highest BCUT2D eigenvalue weighted by Gasteiger charge is 2.11. The lowest BCUT2D eigenvalue weighted by Gasteiger charge is -2.21. The summed E-state index contributed by atoms with van der Waals surface area (Å²) in [4.78, 5) is 0. The summed E-state index contributed by atoms with van der Waals surface area (Å²) in [5.41, 5.74) is 5.44. The lowest BCUT2D eigenvalue weighted by Crippen LogP contribution is -2.25. The van der Waals surface area contributed by atoms with E-state index in [1.807, 2.05) is 0 Å². The maximum atomic E-state index is 5.44. The van der Waals surface area contributed by atoms with Crippen LogP contribution in [0.2, 0.25) is 0 Å². The molecule has 0 spiro atoms. The summed E-state index contributed by atoms with van der Waals surface area (Å²) < 4.78 is 0. The van der Waals surface area contributed by atoms with Gasteiger partial charge in [0.1, 0.15) is 0 Å². The van der Waals surface area contributed by atoms with Gasteiger partial charge >= 0.3 is 0 Å². The van der Waals surface area contributed by atoms with Crippen LogP contribution in [0.25, 0.3) is 0 Å². The fourth-order valence-electron chi connectivity index (χ4n) is 2.27. The maximum absolute atomic E-state index is 5.44. The largest absolute Gasteiger partial charge is 0.330 e. The molecule has 0 aromatic rings. The van der Waals surface area contributed by atoms with Crippen molar-refractivity contribution >= 4 is 0 Å². The van der Waals surface area contributed by atoms with E-state index in [4.69, 9.17) is 5.73 Å². The molecule has 2 heteroatoms. The quantitative estimate of drug-likeness (QED) is 0.616. The zero-order valence-corrected chi connectivity index (χ0v) is 9.43. The van der Waals surface area contributed by atoms with E-state index in [1.165, 1.54) is 64.5 Å². The van der Waals surface area contributed by atoms with Gasteiger partial charge in [0.25, 0.3) is 0 Å². The standard InChI is InChI=1S/C12H26N2/c13-9-5-2-6-10-14-11-12-7-3-1-4-8-12/h12,14H,1-11,13H2. The Labute approximate surface area is 88.6 Å². The fraction of sp³-hybridized carbons (Fsp3) is 1.00. The number of nitrogens with two attached hydrogens (primary N) is 1. The molecule has 1 aliphatic carbocycles. The van der Waals surface area contributed by atoms with Gasteiger partial charge in [0.2, 0.25) is 0 Å². The minimum atomic E-state index is 0.850. The Morgan fingerprint density at radius 3 is 2.50 bits per heavy atom. The molecule has 0 bridgehead atoms. The van der Waals surface area contributed by atoms with Crippen molar-refractivity contribution in [3.8, 4) is 0 Å².